The van der Waals surface area contributed by atoms with Gasteiger partial charge in [-0.2, -0.15) is 0 Å². The molecule has 0 saturated carbocycles. The van der Waals surface area contributed by atoms with Crippen LogP contribution in [0, 0.1) is 0 Å². The van der Waals surface area contributed by atoms with E-state index in [1.807, 2.05) is 6.07 Å². The Morgan fingerprint density at radius 1 is 0.839 bits per heavy atom. The number of aliphatic hydroxyl groups is 1. The molecule has 1 saturated heterocycles. The van der Waals surface area contributed by atoms with Gasteiger partial charge in [-0.25, -0.2) is 0 Å². The molecule has 1 atom stereocenters. The number of unbranched alkanes of at least 4 members (excludes halogenated alkanes) is 8. The number of hydrogen-bond acceptors (Lipinski definition) is 5. The van der Waals surface area contributed by atoms with Crippen molar-refractivity contribution in [1.29, 1.82) is 0 Å². The van der Waals surface area contributed by atoms with Gasteiger partial charge in [-0.1, -0.05) is 51.0 Å². The molecule has 0 aromatic heterocycles. The van der Waals surface area contributed by atoms with Crippen molar-refractivity contribution in [1.82, 2.24) is 10.2 Å². The lowest BCUT2D eigenvalue weighted by Gasteiger charge is -2.27. The summed E-state index contributed by atoms with van der Waals surface area (Å²) in [5.41, 5.74) is 1.71. The van der Waals surface area contributed by atoms with E-state index in [1.165, 1.54) is 32.1 Å². The Bertz CT molecular complexity index is 835. The van der Waals surface area contributed by atoms with Gasteiger partial charge in [0, 0.05) is 13.0 Å². The third-order valence-electron chi connectivity index (χ3n) is 6.13. The monoisotopic (exact) mass is 428 g/mol. The number of imide groups is 2. The molecule has 2 aliphatic rings. The number of fused-ring (bicyclic) bond motifs is 1. The van der Waals surface area contributed by atoms with Gasteiger partial charge in [-0.3, -0.25) is 29.4 Å². The fourth-order valence-electron chi connectivity index (χ4n) is 4.35. The minimum atomic E-state index is -0.919. The van der Waals surface area contributed by atoms with Crippen molar-refractivity contribution in [2.75, 3.05) is 6.61 Å². The second kappa shape index (κ2) is 11.2. The van der Waals surface area contributed by atoms with Crippen LogP contribution in [0.5, 0.6) is 0 Å². The number of rotatable bonds is 12. The fourth-order valence-corrected chi connectivity index (χ4v) is 4.35. The predicted molar refractivity (Wildman–Crippen MR) is 115 cm³/mol. The lowest BCUT2D eigenvalue weighted by molar-refractivity contribution is -0.136. The minimum absolute atomic E-state index is 0.123. The Labute approximate surface area is 183 Å². The number of nitrogens with zero attached hydrogens (tertiary/aromatic N) is 1. The van der Waals surface area contributed by atoms with Gasteiger partial charge in [0.25, 0.3) is 11.8 Å². The maximum absolute atomic E-state index is 12.9. The normalized spacial score (nSPS) is 18.5. The molecule has 7 heteroatoms. The number of carbonyl (C=O) groups excluding carboxylic acids is 4. The van der Waals surface area contributed by atoms with Crippen LogP contribution in [0.25, 0.3) is 0 Å². The summed E-state index contributed by atoms with van der Waals surface area (Å²) in [5.74, 6) is -1.86. The number of piperidine rings is 1. The fraction of sp³-hybridized carbons (Fsp3) is 0.583. The molecule has 1 fully saturated rings. The highest BCUT2D eigenvalue weighted by molar-refractivity contribution is 6.23. The first-order chi connectivity index (χ1) is 15.0. The number of benzene rings is 1. The van der Waals surface area contributed by atoms with Gasteiger partial charge in [0.05, 0.1) is 11.1 Å². The summed E-state index contributed by atoms with van der Waals surface area (Å²) in [6.45, 7) is 0.289. The molecule has 4 amide bonds. The SMILES string of the molecule is O=C1CCC(N2C(=O)c3ccc(CCCCCCCCCCCO)cc3C2=O)C(=O)N1. The van der Waals surface area contributed by atoms with E-state index in [9.17, 15) is 19.2 Å². The minimum Gasteiger partial charge on any atom is -0.396 e. The summed E-state index contributed by atoms with van der Waals surface area (Å²) in [5, 5.41) is 11.0. The average molecular weight is 429 g/mol. The van der Waals surface area contributed by atoms with E-state index in [4.69, 9.17) is 5.11 Å². The molecule has 0 radical (unpaired) electrons. The molecule has 1 aromatic carbocycles. The number of aliphatic hydroxyl groups excluding tert-OH is 1. The van der Waals surface area contributed by atoms with Crippen molar-refractivity contribution in [3.8, 4) is 0 Å². The van der Waals surface area contributed by atoms with Gasteiger partial charge < -0.3 is 5.11 Å². The van der Waals surface area contributed by atoms with Crippen molar-refractivity contribution in [3.05, 3.63) is 34.9 Å². The summed E-state index contributed by atoms with van der Waals surface area (Å²) in [6, 6.07) is 4.43. The lowest BCUT2D eigenvalue weighted by atomic mass is 10.0. The molecule has 0 bridgehead atoms. The molecule has 2 heterocycles. The zero-order valence-corrected chi connectivity index (χ0v) is 18.0. The summed E-state index contributed by atoms with van der Waals surface area (Å²) in [7, 11) is 0. The van der Waals surface area contributed by atoms with Crippen molar-refractivity contribution < 1.29 is 24.3 Å². The van der Waals surface area contributed by atoms with Crippen LogP contribution in [-0.2, 0) is 16.0 Å². The molecule has 31 heavy (non-hydrogen) atoms. The molecule has 3 rings (SSSR count). The number of hydrogen-bond donors (Lipinski definition) is 2. The van der Waals surface area contributed by atoms with Crippen LogP contribution in [0.2, 0.25) is 0 Å². The second-order valence-corrected chi connectivity index (χ2v) is 8.48. The van der Waals surface area contributed by atoms with Crippen LogP contribution in [0.3, 0.4) is 0 Å². The number of carbonyl (C=O) groups is 4. The van der Waals surface area contributed by atoms with Crippen molar-refractivity contribution in [2.24, 2.45) is 0 Å². The van der Waals surface area contributed by atoms with Crippen LogP contribution in [0.4, 0.5) is 0 Å². The standard InChI is InChI=1S/C24H32N2O5/c27-15-9-7-5-3-1-2-4-6-8-10-17-11-12-18-19(16-17)24(31)26(23(18)30)20-13-14-21(28)25-22(20)29/h11-12,16,20,27H,1-10,13-15H2,(H,25,28,29). The van der Waals surface area contributed by atoms with Crippen molar-refractivity contribution in [2.45, 2.75) is 83.1 Å². The summed E-state index contributed by atoms with van der Waals surface area (Å²) < 4.78 is 0. The Balaban J connectivity index is 1.46. The Morgan fingerprint density at radius 2 is 1.45 bits per heavy atom. The molecule has 1 aromatic rings. The largest absolute Gasteiger partial charge is 0.396 e. The highest BCUT2D eigenvalue weighted by Gasteiger charge is 2.44. The highest BCUT2D eigenvalue weighted by atomic mass is 16.3. The van der Waals surface area contributed by atoms with Gasteiger partial charge in [-0.15, -0.1) is 0 Å². The zero-order chi connectivity index (χ0) is 22.2. The highest BCUT2D eigenvalue weighted by Crippen LogP contribution is 2.28. The van der Waals surface area contributed by atoms with Gasteiger partial charge in [-0.05, 0) is 43.4 Å². The smallest absolute Gasteiger partial charge is 0.262 e. The molecule has 0 aliphatic carbocycles. The van der Waals surface area contributed by atoms with E-state index in [0.29, 0.717) is 11.1 Å². The third kappa shape index (κ3) is 5.79. The molecule has 2 N–H and O–H groups in total. The first kappa shape index (κ1) is 23.1. The topological polar surface area (TPSA) is 104 Å². The van der Waals surface area contributed by atoms with E-state index >= 15 is 0 Å². The number of amides is 4. The average Bonchev–Trinajstić information content (AvgIpc) is 2.99. The van der Waals surface area contributed by atoms with E-state index in [2.05, 4.69) is 5.32 Å². The van der Waals surface area contributed by atoms with Crippen molar-refractivity contribution in [3.63, 3.8) is 0 Å². The molecule has 168 valence electrons. The Hall–Kier alpha value is -2.54. The first-order valence-corrected chi connectivity index (χ1v) is 11.5. The van der Waals surface area contributed by atoms with Crippen LogP contribution < -0.4 is 5.32 Å². The summed E-state index contributed by atoms with van der Waals surface area (Å²) >= 11 is 0. The molecule has 7 nitrogen and oxygen atoms in total. The summed E-state index contributed by atoms with van der Waals surface area (Å²) in [4.78, 5) is 50.1. The van der Waals surface area contributed by atoms with E-state index in [0.717, 1.165) is 42.6 Å². The molecular formula is C24H32N2O5. The summed E-state index contributed by atoms with van der Waals surface area (Å²) in [6.07, 6.45) is 11.4. The second-order valence-electron chi connectivity index (χ2n) is 8.48. The predicted octanol–water partition coefficient (Wildman–Crippen LogP) is 3.13. The van der Waals surface area contributed by atoms with Gasteiger partial charge in [0.1, 0.15) is 6.04 Å². The molecule has 0 spiro atoms. The van der Waals surface area contributed by atoms with Crippen LogP contribution >= 0.6 is 0 Å². The van der Waals surface area contributed by atoms with Crippen LogP contribution in [0.1, 0.15) is 96.9 Å². The Morgan fingerprint density at radius 3 is 2.10 bits per heavy atom. The van der Waals surface area contributed by atoms with Crippen LogP contribution in [0.15, 0.2) is 18.2 Å². The van der Waals surface area contributed by atoms with Gasteiger partial charge >= 0.3 is 0 Å². The van der Waals surface area contributed by atoms with Gasteiger partial charge in [0.2, 0.25) is 11.8 Å². The van der Waals surface area contributed by atoms with E-state index in [1.54, 1.807) is 12.1 Å². The van der Waals surface area contributed by atoms with E-state index < -0.39 is 23.8 Å². The lowest BCUT2D eigenvalue weighted by Crippen LogP contribution is -2.54. The Kier molecular flexibility index (Phi) is 8.35. The maximum Gasteiger partial charge on any atom is 0.262 e. The molecule has 1 unspecified atom stereocenters. The van der Waals surface area contributed by atoms with Crippen molar-refractivity contribution >= 4 is 23.6 Å². The maximum atomic E-state index is 12.9. The molecule has 2 aliphatic heterocycles. The quantitative estimate of drug-likeness (QED) is 0.393. The third-order valence-corrected chi connectivity index (χ3v) is 6.13. The molecular weight excluding hydrogens is 396 g/mol. The number of nitrogens with one attached hydrogen (secondary N) is 1. The van der Waals surface area contributed by atoms with Gasteiger partial charge in [0.15, 0.2) is 0 Å². The number of aryl methyl sites for hydroxylation is 1. The first-order valence-electron chi connectivity index (χ1n) is 11.5. The zero-order valence-electron chi connectivity index (χ0n) is 18.0. The van der Waals surface area contributed by atoms with Crippen LogP contribution in [-0.4, -0.2) is 46.3 Å². The van der Waals surface area contributed by atoms with E-state index in [-0.39, 0.29) is 25.4 Å².